The van der Waals surface area contributed by atoms with E-state index in [0.29, 0.717) is 39.1 Å². The number of likely N-dealkylation sites (tertiary alicyclic amines) is 1. The number of aromatic nitrogens is 6. The highest BCUT2D eigenvalue weighted by Crippen LogP contribution is 2.34. The Labute approximate surface area is 223 Å². The van der Waals surface area contributed by atoms with Gasteiger partial charge in [-0.3, -0.25) is 20.0 Å². The Bertz CT molecular complexity index is 1820. The van der Waals surface area contributed by atoms with Gasteiger partial charge >= 0.3 is 0 Å². The summed E-state index contributed by atoms with van der Waals surface area (Å²) < 4.78 is 30.0. The smallest absolute Gasteiger partial charge is 0.161 e. The molecule has 2 aromatic carbocycles. The van der Waals surface area contributed by atoms with E-state index in [0.717, 1.165) is 36.3 Å². The van der Waals surface area contributed by atoms with Crippen LogP contribution in [-0.4, -0.2) is 48.1 Å². The predicted molar refractivity (Wildman–Crippen MR) is 147 cm³/mol. The molecule has 4 aromatic heterocycles. The fourth-order valence-corrected chi connectivity index (χ4v) is 5.46. The fourth-order valence-electron chi connectivity index (χ4n) is 5.46. The van der Waals surface area contributed by atoms with E-state index in [4.69, 9.17) is 4.98 Å². The maximum absolute atomic E-state index is 16.1. The maximum atomic E-state index is 16.1. The van der Waals surface area contributed by atoms with Gasteiger partial charge in [-0.25, -0.2) is 13.8 Å². The van der Waals surface area contributed by atoms with Crippen LogP contribution in [0.1, 0.15) is 24.8 Å². The van der Waals surface area contributed by atoms with Gasteiger partial charge in [-0.2, -0.15) is 5.10 Å². The lowest BCUT2D eigenvalue weighted by Gasteiger charge is -2.26. The first kappa shape index (κ1) is 23.6. The molecule has 1 fully saturated rings. The van der Waals surface area contributed by atoms with Crippen LogP contribution >= 0.6 is 0 Å². The van der Waals surface area contributed by atoms with Gasteiger partial charge in [0.15, 0.2) is 11.6 Å². The van der Waals surface area contributed by atoms with Gasteiger partial charge in [-0.1, -0.05) is 30.7 Å². The second-order valence-corrected chi connectivity index (χ2v) is 10.00. The number of nitrogens with zero attached hydrogens (tertiary/aromatic N) is 5. The molecule has 1 aliphatic heterocycles. The number of fused-ring (bicyclic) bond motifs is 2. The van der Waals surface area contributed by atoms with Gasteiger partial charge in [0.05, 0.1) is 28.1 Å². The maximum Gasteiger partial charge on any atom is 0.161 e. The first-order chi connectivity index (χ1) is 19.1. The van der Waals surface area contributed by atoms with Gasteiger partial charge in [-0.15, -0.1) is 0 Å². The Morgan fingerprint density at radius 3 is 2.59 bits per heavy atom. The molecule has 0 bridgehead atoms. The molecular formula is C30H25F2N7. The molecule has 0 amide bonds. The topological polar surface area (TPSA) is 86.4 Å². The van der Waals surface area contributed by atoms with Crippen LogP contribution in [-0.2, 0) is 6.54 Å². The van der Waals surface area contributed by atoms with Crippen LogP contribution in [0.2, 0.25) is 0 Å². The minimum Gasteiger partial charge on any atom is -0.337 e. The summed E-state index contributed by atoms with van der Waals surface area (Å²) in [5.41, 5.74) is 5.56. The van der Waals surface area contributed by atoms with Crippen molar-refractivity contribution >= 4 is 21.9 Å². The molecule has 9 heteroatoms. The quantitative estimate of drug-likeness (QED) is 0.271. The average Bonchev–Trinajstić information content (AvgIpc) is 3.59. The normalized spacial score (nSPS) is 14.4. The molecule has 2 N–H and O–H groups in total. The van der Waals surface area contributed by atoms with Crippen molar-refractivity contribution in [3.05, 3.63) is 84.3 Å². The van der Waals surface area contributed by atoms with E-state index in [2.05, 4.69) is 30.0 Å². The highest BCUT2D eigenvalue weighted by molar-refractivity contribution is 5.98. The van der Waals surface area contributed by atoms with Gasteiger partial charge in [0.2, 0.25) is 0 Å². The number of piperidine rings is 1. The van der Waals surface area contributed by atoms with Crippen LogP contribution in [0.15, 0.2) is 67.1 Å². The van der Waals surface area contributed by atoms with Crippen molar-refractivity contribution in [3.8, 4) is 33.9 Å². The van der Waals surface area contributed by atoms with Crippen molar-refractivity contribution < 1.29 is 8.78 Å². The molecule has 0 aliphatic carbocycles. The molecule has 7 nitrogen and oxygen atoms in total. The molecule has 1 saturated heterocycles. The number of para-hydroxylation sites is 1. The molecule has 0 saturated carbocycles. The highest BCUT2D eigenvalue weighted by Gasteiger charge is 2.21. The predicted octanol–water partition coefficient (Wildman–Crippen LogP) is 6.49. The number of benzene rings is 2. The van der Waals surface area contributed by atoms with Crippen LogP contribution in [0.5, 0.6) is 0 Å². The Morgan fingerprint density at radius 1 is 0.846 bits per heavy atom. The summed E-state index contributed by atoms with van der Waals surface area (Å²) in [6.07, 6.45) is 8.74. The zero-order chi connectivity index (χ0) is 26.3. The number of H-pyrrole nitrogens is 2. The first-order valence-electron chi connectivity index (χ1n) is 13.1. The third-order valence-corrected chi connectivity index (χ3v) is 7.34. The fraction of sp³-hybridized carbons (Fsp3) is 0.200. The van der Waals surface area contributed by atoms with Gasteiger partial charge in [-0.05, 0) is 61.3 Å². The van der Waals surface area contributed by atoms with Crippen LogP contribution < -0.4 is 0 Å². The van der Waals surface area contributed by atoms with Crippen molar-refractivity contribution in [2.75, 3.05) is 13.1 Å². The third kappa shape index (κ3) is 4.34. The molecule has 7 rings (SSSR count). The van der Waals surface area contributed by atoms with E-state index in [1.807, 2.05) is 36.5 Å². The molecule has 0 spiro atoms. The SMILES string of the molecule is Fc1cccc(-c2cccc3[nH]c(-c4n[nH]c5cnc(-c6cncc(CN7CCCCC7)c6)c(F)c45)nc23)c1. The van der Waals surface area contributed by atoms with Crippen LogP contribution in [0.3, 0.4) is 0 Å². The summed E-state index contributed by atoms with van der Waals surface area (Å²) in [7, 11) is 0. The zero-order valence-corrected chi connectivity index (χ0v) is 21.1. The van der Waals surface area contributed by atoms with Gasteiger partial charge < -0.3 is 4.98 Å². The molecule has 0 unspecified atom stereocenters. The number of imidazole rings is 1. The summed E-state index contributed by atoms with van der Waals surface area (Å²) in [6.45, 7) is 2.92. The second kappa shape index (κ2) is 9.67. The summed E-state index contributed by atoms with van der Waals surface area (Å²) in [6, 6.07) is 14.0. The number of hydrogen-bond acceptors (Lipinski definition) is 5. The molecule has 1 aliphatic rings. The number of rotatable bonds is 5. The summed E-state index contributed by atoms with van der Waals surface area (Å²) in [5, 5.41) is 7.57. The molecule has 39 heavy (non-hydrogen) atoms. The van der Waals surface area contributed by atoms with E-state index in [1.54, 1.807) is 18.5 Å². The zero-order valence-electron chi connectivity index (χ0n) is 21.1. The van der Waals surface area contributed by atoms with E-state index in [1.165, 1.54) is 31.4 Å². The number of hydrogen-bond donors (Lipinski definition) is 2. The molecule has 194 valence electrons. The Hall–Kier alpha value is -4.50. The van der Waals surface area contributed by atoms with E-state index < -0.39 is 5.82 Å². The highest BCUT2D eigenvalue weighted by atomic mass is 19.1. The number of halogens is 2. The van der Waals surface area contributed by atoms with Crippen molar-refractivity contribution in [1.82, 2.24) is 35.0 Å². The molecular weight excluding hydrogens is 496 g/mol. The lowest BCUT2D eigenvalue weighted by Crippen LogP contribution is -2.29. The summed E-state index contributed by atoms with van der Waals surface area (Å²) >= 11 is 0. The number of nitrogens with one attached hydrogen (secondary N) is 2. The van der Waals surface area contributed by atoms with Crippen molar-refractivity contribution in [1.29, 1.82) is 0 Å². The second-order valence-electron chi connectivity index (χ2n) is 10.00. The lowest BCUT2D eigenvalue weighted by atomic mass is 10.0. The van der Waals surface area contributed by atoms with Crippen molar-refractivity contribution in [3.63, 3.8) is 0 Å². The van der Waals surface area contributed by atoms with E-state index >= 15 is 4.39 Å². The molecule has 0 radical (unpaired) electrons. The van der Waals surface area contributed by atoms with Crippen molar-refractivity contribution in [2.24, 2.45) is 0 Å². The van der Waals surface area contributed by atoms with Crippen molar-refractivity contribution in [2.45, 2.75) is 25.8 Å². The van der Waals surface area contributed by atoms with Crippen LogP contribution in [0.25, 0.3) is 55.8 Å². The van der Waals surface area contributed by atoms with Gasteiger partial charge in [0, 0.05) is 30.1 Å². The van der Waals surface area contributed by atoms with E-state index in [-0.39, 0.29) is 11.5 Å². The van der Waals surface area contributed by atoms with Gasteiger partial charge in [0.1, 0.15) is 17.2 Å². The number of aromatic amines is 2. The number of pyridine rings is 2. The minimum absolute atomic E-state index is 0.217. The molecule has 6 aromatic rings. The van der Waals surface area contributed by atoms with E-state index in [9.17, 15) is 4.39 Å². The monoisotopic (exact) mass is 521 g/mol. The third-order valence-electron chi connectivity index (χ3n) is 7.34. The summed E-state index contributed by atoms with van der Waals surface area (Å²) in [4.78, 5) is 19.2. The molecule has 0 atom stereocenters. The van der Waals surface area contributed by atoms with Crippen LogP contribution in [0.4, 0.5) is 8.78 Å². The first-order valence-corrected chi connectivity index (χ1v) is 13.1. The van der Waals surface area contributed by atoms with Gasteiger partial charge in [0.25, 0.3) is 0 Å². The Balaban J connectivity index is 1.29. The van der Waals surface area contributed by atoms with Crippen LogP contribution in [0, 0.1) is 11.6 Å². The largest absolute Gasteiger partial charge is 0.337 e. The lowest BCUT2D eigenvalue weighted by molar-refractivity contribution is 0.220. The minimum atomic E-state index is -0.487. The average molecular weight is 522 g/mol. The molecule has 5 heterocycles. The summed E-state index contributed by atoms with van der Waals surface area (Å²) in [5.74, 6) is -0.401. The standard InChI is InChI=1S/C30H25F2N7/c31-21-7-4-6-19(13-21)22-8-5-9-23-28(22)36-30(35-23)29-25-24(37-38-29)16-34-27(26(25)32)20-12-18(14-33-15-20)17-39-10-2-1-3-11-39/h4-9,12-16H,1-3,10-11,17H2,(H,35,36)(H,37,38). The Morgan fingerprint density at radius 2 is 1.72 bits per heavy atom. The Kier molecular flexibility index (Phi) is 5.85.